The Balaban J connectivity index is 2.31. The smallest absolute Gasteiger partial charge is 0.337 e. The number of nitrogens with zero attached hydrogens (tertiary/aromatic N) is 2. The molecule has 98 valence electrons. The molecule has 1 N–H and O–H groups in total. The summed E-state index contributed by atoms with van der Waals surface area (Å²) in [6, 6.07) is 11.2. The Morgan fingerprint density at radius 2 is 1.95 bits per heavy atom. The summed E-state index contributed by atoms with van der Waals surface area (Å²) < 4.78 is 1.02. The number of aromatic nitrogens is 1. The largest absolute Gasteiger partial charge is 0.478 e. The van der Waals surface area contributed by atoms with E-state index in [2.05, 4.69) is 20.9 Å². The van der Waals surface area contributed by atoms with E-state index in [1.54, 1.807) is 12.1 Å². The lowest BCUT2D eigenvalue weighted by Crippen LogP contribution is -2.17. The quantitative estimate of drug-likeness (QED) is 0.933. The van der Waals surface area contributed by atoms with Gasteiger partial charge in [0.1, 0.15) is 5.82 Å². The number of pyridine rings is 1. The molecular formula is C14H13BrN2O2. The van der Waals surface area contributed by atoms with Gasteiger partial charge >= 0.3 is 5.97 Å². The summed E-state index contributed by atoms with van der Waals surface area (Å²) in [7, 11) is 0. The molecule has 0 fully saturated rings. The summed E-state index contributed by atoms with van der Waals surface area (Å²) in [5.74, 6) is -0.236. The molecule has 19 heavy (non-hydrogen) atoms. The number of anilines is 2. The molecule has 0 bridgehead atoms. The monoisotopic (exact) mass is 320 g/mol. The normalized spacial score (nSPS) is 10.2. The van der Waals surface area contributed by atoms with E-state index < -0.39 is 5.97 Å². The predicted octanol–water partition coefficient (Wildman–Crippen LogP) is 3.70. The number of hydrogen-bond donors (Lipinski definition) is 1. The van der Waals surface area contributed by atoms with Crippen LogP contribution in [0.2, 0.25) is 0 Å². The van der Waals surface area contributed by atoms with Gasteiger partial charge in [-0.25, -0.2) is 9.78 Å². The number of benzene rings is 1. The summed E-state index contributed by atoms with van der Waals surface area (Å²) in [5, 5.41) is 8.86. The lowest BCUT2D eigenvalue weighted by atomic mass is 10.2. The number of carbonyl (C=O) groups is 1. The molecule has 1 aromatic heterocycles. The maximum atomic E-state index is 10.8. The number of carboxylic acids is 1. The highest BCUT2D eigenvalue weighted by Gasteiger charge is 2.10. The molecule has 5 heteroatoms. The van der Waals surface area contributed by atoms with Crippen molar-refractivity contribution in [2.45, 2.75) is 6.92 Å². The van der Waals surface area contributed by atoms with Gasteiger partial charge in [0.2, 0.25) is 0 Å². The molecule has 0 atom stereocenters. The minimum Gasteiger partial charge on any atom is -0.478 e. The van der Waals surface area contributed by atoms with Crippen LogP contribution in [0.25, 0.3) is 0 Å². The number of aromatic carboxylic acids is 1. The third-order valence-corrected chi connectivity index (χ3v) is 3.25. The van der Waals surface area contributed by atoms with Crippen LogP contribution in [-0.2, 0) is 0 Å². The number of hydrogen-bond acceptors (Lipinski definition) is 3. The molecule has 1 heterocycles. The second kappa shape index (κ2) is 5.84. The van der Waals surface area contributed by atoms with Crippen LogP contribution in [-0.4, -0.2) is 22.6 Å². The molecule has 0 spiro atoms. The van der Waals surface area contributed by atoms with E-state index in [9.17, 15) is 4.79 Å². The molecule has 0 saturated carbocycles. The highest BCUT2D eigenvalue weighted by Crippen LogP contribution is 2.24. The molecule has 0 aliphatic carbocycles. The third kappa shape index (κ3) is 3.12. The molecule has 0 aliphatic rings. The van der Waals surface area contributed by atoms with Crippen molar-refractivity contribution in [3.63, 3.8) is 0 Å². The van der Waals surface area contributed by atoms with Crippen LogP contribution in [0.5, 0.6) is 0 Å². The van der Waals surface area contributed by atoms with E-state index >= 15 is 0 Å². The van der Waals surface area contributed by atoms with Crippen molar-refractivity contribution >= 4 is 33.4 Å². The Morgan fingerprint density at radius 3 is 2.42 bits per heavy atom. The minimum absolute atomic E-state index is 0.190. The van der Waals surface area contributed by atoms with E-state index in [-0.39, 0.29) is 5.56 Å². The fraction of sp³-hybridized carbons (Fsp3) is 0.143. The first kappa shape index (κ1) is 13.5. The van der Waals surface area contributed by atoms with Crippen LogP contribution in [0.3, 0.4) is 0 Å². The number of rotatable bonds is 4. The lowest BCUT2D eigenvalue weighted by molar-refractivity contribution is 0.0696. The predicted molar refractivity (Wildman–Crippen MR) is 78.0 cm³/mol. The van der Waals surface area contributed by atoms with Crippen molar-refractivity contribution in [3.05, 3.63) is 52.6 Å². The van der Waals surface area contributed by atoms with E-state index in [0.29, 0.717) is 0 Å². The number of carboxylic acid groups (broad SMARTS) is 1. The van der Waals surface area contributed by atoms with Crippen molar-refractivity contribution in [3.8, 4) is 0 Å². The fourth-order valence-electron chi connectivity index (χ4n) is 1.77. The molecule has 4 nitrogen and oxygen atoms in total. The van der Waals surface area contributed by atoms with Crippen LogP contribution in [0.4, 0.5) is 11.5 Å². The Hall–Kier alpha value is -1.88. The molecule has 0 saturated heterocycles. The van der Waals surface area contributed by atoms with Gasteiger partial charge in [0.15, 0.2) is 0 Å². The standard InChI is InChI=1S/C14H13BrN2O2/c1-2-17(12-6-4-11(15)5-7-12)13-8-3-10(9-16-13)14(18)19/h3-9H,2H2,1H3,(H,18,19). The van der Waals surface area contributed by atoms with Gasteiger partial charge in [-0.05, 0) is 43.3 Å². The Kier molecular flexibility index (Phi) is 4.16. The molecular weight excluding hydrogens is 308 g/mol. The van der Waals surface area contributed by atoms with Gasteiger partial charge in [-0.1, -0.05) is 15.9 Å². The third-order valence-electron chi connectivity index (χ3n) is 2.73. The maximum absolute atomic E-state index is 10.8. The zero-order chi connectivity index (χ0) is 13.8. The second-order valence-electron chi connectivity index (χ2n) is 3.93. The molecule has 1 aromatic carbocycles. The van der Waals surface area contributed by atoms with Gasteiger partial charge in [-0.3, -0.25) is 0 Å². The van der Waals surface area contributed by atoms with Gasteiger partial charge < -0.3 is 10.0 Å². The Labute approximate surface area is 119 Å². The topological polar surface area (TPSA) is 53.4 Å². The van der Waals surface area contributed by atoms with Crippen LogP contribution >= 0.6 is 15.9 Å². The summed E-state index contributed by atoms with van der Waals surface area (Å²) in [5.41, 5.74) is 1.21. The highest BCUT2D eigenvalue weighted by atomic mass is 79.9. The minimum atomic E-state index is -0.967. The van der Waals surface area contributed by atoms with Crippen LogP contribution in [0, 0.1) is 0 Å². The molecule has 2 aromatic rings. The maximum Gasteiger partial charge on any atom is 0.337 e. The summed E-state index contributed by atoms with van der Waals surface area (Å²) in [6.45, 7) is 2.77. The van der Waals surface area contributed by atoms with Crippen LogP contribution < -0.4 is 4.90 Å². The van der Waals surface area contributed by atoms with Crippen molar-refractivity contribution in [2.24, 2.45) is 0 Å². The summed E-state index contributed by atoms with van der Waals surface area (Å²) >= 11 is 3.40. The molecule has 0 amide bonds. The second-order valence-corrected chi connectivity index (χ2v) is 4.85. The van der Waals surface area contributed by atoms with E-state index in [1.807, 2.05) is 36.1 Å². The molecule has 0 unspecified atom stereocenters. The SMILES string of the molecule is CCN(c1ccc(Br)cc1)c1ccc(C(=O)O)cn1. The van der Waals surface area contributed by atoms with Gasteiger partial charge in [-0.15, -0.1) is 0 Å². The zero-order valence-electron chi connectivity index (χ0n) is 10.4. The highest BCUT2D eigenvalue weighted by molar-refractivity contribution is 9.10. The zero-order valence-corrected chi connectivity index (χ0v) is 12.0. The first-order valence-electron chi connectivity index (χ1n) is 5.84. The summed E-state index contributed by atoms with van der Waals surface area (Å²) in [4.78, 5) is 17.0. The van der Waals surface area contributed by atoms with Crippen molar-refractivity contribution in [1.82, 2.24) is 4.98 Å². The molecule has 0 radical (unpaired) electrons. The van der Waals surface area contributed by atoms with Gasteiger partial charge in [-0.2, -0.15) is 0 Å². The van der Waals surface area contributed by atoms with Crippen molar-refractivity contribution < 1.29 is 9.90 Å². The Morgan fingerprint density at radius 1 is 1.26 bits per heavy atom. The van der Waals surface area contributed by atoms with Gasteiger partial charge in [0.05, 0.1) is 5.56 Å². The van der Waals surface area contributed by atoms with Crippen molar-refractivity contribution in [2.75, 3.05) is 11.4 Å². The fourth-order valence-corrected chi connectivity index (χ4v) is 2.03. The number of halogens is 1. The molecule has 2 rings (SSSR count). The van der Waals surface area contributed by atoms with E-state index in [1.165, 1.54) is 6.20 Å². The summed E-state index contributed by atoms with van der Waals surface area (Å²) in [6.07, 6.45) is 1.37. The average molecular weight is 321 g/mol. The first-order valence-corrected chi connectivity index (χ1v) is 6.63. The van der Waals surface area contributed by atoms with Crippen LogP contribution in [0.1, 0.15) is 17.3 Å². The van der Waals surface area contributed by atoms with E-state index in [4.69, 9.17) is 5.11 Å². The van der Waals surface area contributed by atoms with Gasteiger partial charge in [0.25, 0.3) is 0 Å². The van der Waals surface area contributed by atoms with Gasteiger partial charge in [0, 0.05) is 22.9 Å². The Bertz CT molecular complexity index is 567. The average Bonchev–Trinajstić information content (AvgIpc) is 2.42. The van der Waals surface area contributed by atoms with E-state index in [0.717, 1.165) is 22.5 Å². The van der Waals surface area contributed by atoms with Crippen molar-refractivity contribution in [1.29, 1.82) is 0 Å². The van der Waals surface area contributed by atoms with Crippen LogP contribution in [0.15, 0.2) is 47.1 Å². The molecule has 0 aliphatic heterocycles. The first-order chi connectivity index (χ1) is 9.11. The lowest BCUT2D eigenvalue weighted by Gasteiger charge is -2.22.